The van der Waals surface area contributed by atoms with Crippen LogP contribution in [-0.2, 0) is 0 Å². The van der Waals surface area contributed by atoms with Crippen LogP contribution in [0.4, 0.5) is 0 Å². The van der Waals surface area contributed by atoms with E-state index in [-0.39, 0.29) is 35.2 Å². The van der Waals surface area contributed by atoms with Crippen LogP contribution >= 0.6 is 0 Å². The third-order valence-electron chi connectivity index (χ3n) is 4.00. The monoisotopic (exact) mass is 334 g/mol. The van der Waals surface area contributed by atoms with E-state index in [1.165, 1.54) is 0 Å². The first kappa shape index (κ1) is 18.1. The maximum absolute atomic E-state index is 2.48. The molecule has 110 valence electrons. The van der Waals surface area contributed by atoms with Crippen LogP contribution in [0.1, 0.15) is 11.1 Å². The van der Waals surface area contributed by atoms with Crippen LogP contribution in [0.25, 0.3) is 0 Å². The smallest absolute Gasteiger partial charge is 0.0671 e. The van der Waals surface area contributed by atoms with Crippen molar-refractivity contribution in [3.05, 3.63) is 11.1 Å². The molecule has 0 heterocycles. The molecule has 0 spiro atoms. The minimum absolute atomic E-state index is 0.383. The minimum atomic E-state index is -0.383. The minimum Gasteiger partial charge on any atom is -0.0671 e. The second-order valence-corrected chi connectivity index (χ2v) is 16.8. The van der Waals surface area contributed by atoms with Gasteiger partial charge in [-0.2, -0.15) is 0 Å². The highest BCUT2D eigenvalue weighted by atomic mass is 28.3. The highest BCUT2D eigenvalue weighted by Crippen LogP contribution is 2.03. The Morgan fingerprint density at radius 2 is 0.550 bits per heavy atom. The second-order valence-electron chi connectivity index (χ2n) is 6.75. The van der Waals surface area contributed by atoms with Gasteiger partial charge in [0.15, 0.2) is 0 Å². The van der Waals surface area contributed by atoms with Crippen LogP contribution in [0.15, 0.2) is 0 Å². The highest BCUT2D eigenvalue weighted by molar-refractivity contribution is 6.88. The van der Waals surface area contributed by atoms with Gasteiger partial charge in [0.25, 0.3) is 0 Å². The van der Waals surface area contributed by atoms with Crippen molar-refractivity contribution in [2.45, 2.75) is 66.2 Å². The lowest BCUT2D eigenvalue weighted by Gasteiger charge is -2.29. The average Bonchev–Trinajstić information content (AvgIpc) is 2.28. The molecule has 0 aliphatic heterocycles. The molecular formula is C16H30Si4. The average molecular weight is 335 g/mol. The number of rotatable bonds is 4. The van der Waals surface area contributed by atoms with Gasteiger partial charge in [0, 0.05) is 0 Å². The molecule has 0 amide bonds. The van der Waals surface area contributed by atoms with Gasteiger partial charge in [-0.25, -0.2) is 0 Å². The fourth-order valence-electron chi connectivity index (χ4n) is 3.50. The standard InChI is InChI=1S/C16H30Si4/c1-11-13(17(3)4)15(19(7)8)12(2)16(20(9)10)14(11)18(5)6/h1-10H3. The summed E-state index contributed by atoms with van der Waals surface area (Å²) >= 11 is 0. The molecule has 0 N–H and O–H groups in total. The summed E-state index contributed by atoms with van der Waals surface area (Å²) in [4.78, 5) is 0. The quantitative estimate of drug-likeness (QED) is 0.740. The van der Waals surface area contributed by atoms with Gasteiger partial charge in [0.2, 0.25) is 0 Å². The van der Waals surface area contributed by atoms with Crippen LogP contribution in [-0.4, -0.2) is 35.2 Å². The Kier molecular flexibility index (Phi) is 6.26. The summed E-state index contributed by atoms with van der Waals surface area (Å²) in [6.45, 7) is 24.7. The summed E-state index contributed by atoms with van der Waals surface area (Å²) in [7, 11) is -1.53. The van der Waals surface area contributed by atoms with E-state index in [0.29, 0.717) is 0 Å². The predicted octanol–water partition coefficient (Wildman–Crippen LogP) is 2.15. The largest absolute Gasteiger partial charge is 0.0793 e. The molecule has 20 heavy (non-hydrogen) atoms. The maximum Gasteiger partial charge on any atom is 0.0793 e. The molecule has 4 radical (unpaired) electrons. The molecule has 0 saturated carbocycles. The molecule has 0 nitrogen and oxygen atoms in total. The van der Waals surface area contributed by atoms with Gasteiger partial charge >= 0.3 is 0 Å². The molecule has 0 aliphatic rings. The molecule has 1 aromatic carbocycles. The SMILES string of the molecule is Cc1c([Si](C)C)c([Si](C)C)c(C)c([Si](C)C)c1[Si](C)C. The van der Waals surface area contributed by atoms with Gasteiger partial charge in [0.05, 0.1) is 35.2 Å². The number of hydrogen-bond acceptors (Lipinski definition) is 0. The highest BCUT2D eigenvalue weighted by Gasteiger charge is 2.26. The molecule has 0 fully saturated rings. The zero-order valence-corrected chi connectivity index (χ0v) is 19.0. The van der Waals surface area contributed by atoms with Gasteiger partial charge in [-0.05, 0) is 13.8 Å². The molecule has 0 aromatic heterocycles. The molecular weight excluding hydrogens is 305 g/mol. The van der Waals surface area contributed by atoms with Crippen molar-refractivity contribution < 1.29 is 0 Å². The second kappa shape index (κ2) is 6.90. The summed E-state index contributed by atoms with van der Waals surface area (Å²) < 4.78 is 0. The van der Waals surface area contributed by atoms with Crippen molar-refractivity contribution in [1.82, 2.24) is 0 Å². The van der Waals surface area contributed by atoms with E-state index in [0.717, 1.165) is 0 Å². The molecule has 0 bridgehead atoms. The lowest BCUT2D eigenvalue weighted by Crippen LogP contribution is -2.59. The Balaban J connectivity index is 3.89. The van der Waals surface area contributed by atoms with Crippen LogP contribution in [0.5, 0.6) is 0 Å². The van der Waals surface area contributed by atoms with E-state index < -0.39 is 0 Å². The third-order valence-corrected chi connectivity index (χ3v) is 11.0. The first-order chi connectivity index (χ1) is 9.11. The number of hydrogen-bond donors (Lipinski definition) is 0. The fourth-order valence-corrected chi connectivity index (χ4v) is 13.0. The van der Waals surface area contributed by atoms with E-state index in [9.17, 15) is 0 Å². The van der Waals surface area contributed by atoms with E-state index in [4.69, 9.17) is 0 Å². The van der Waals surface area contributed by atoms with E-state index in [2.05, 4.69) is 66.2 Å². The van der Waals surface area contributed by atoms with Crippen LogP contribution in [0.3, 0.4) is 0 Å². The summed E-state index contributed by atoms with van der Waals surface area (Å²) in [5.74, 6) is 0. The van der Waals surface area contributed by atoms with Crippen molar-refractivity contribution in [3.63, 3.8) is 0 Å². The van der Waals surface area contributed by atoms with Crippen LogP contribution < -0.4 is 20.7 Å². The molecule has 1 rings (SSSR count). The maximum atomic E-state index is 2.48. The van der Waals surface area contributed by atoms with Crippen LogP contribution in [0.2, 0.25) is 52.4 Å². The van der Waals surface area contributed by atoms with E-state index in [1.54, 1.807) is 31.9 Å². The first-order valence-corrected chi connectivity index (χ1v) is 17.5. The van der Waals surface area contributed by atoms with Crippen molar-refractivity contribution in [2.24, 2.45) is 0 Å². The molecule has 0 atom stereocenters. The van der Waals surface area contributed by atoms with Crippen molar-refractivity contribution in [3.8, 4) is 0 Å². The first-order valence-electron chi connectivity index (χ1n) is 7.50. The van der Waals surface area contributed by atoms with Crippen molar-refractivity contribution in [2.75, 3.05) is 0 Å². The van der Waals surface area contributed by atoms with Gasteiger partial charge in [-0.3, -0.25) is 0 Å². The van der Waals surface area contributed by atoms with Gasteiger partial charge in [-0.1, -0.05) is 84.2 Å². The van der Waals surface area contributed by atoms with Gasteiger partial charge in [0.1, 0.15) is 0 Å². The normalized spacial score (nSPS) is 12.3. The van der Waals surface area contributed by atoms with Crippen molar-refractivity contribution in [1.29, 1.82) is 0 Å². The van der Waals surface area contributed by atoms with E-state index >= 15 is 0 Å². The number of benzene rings is 1. The summed E-state index contributed by atoms with van der Waals surface area (Å²) in [6, 6.07) is 0. The van der Waals surface area contributed by atoms with Crippen molar-refractivity contribution >= 4 is 55.9 Å². The van der Waals surface area contributed by atoms with E-state index in [1.807, 2.05) is 0 Å². The zero-order valence-electron chi connectivity index (χ0n) is 15.0. The topological polar surface area (TPSA) is 0 Å². The summed E-state index contributed by atoms with van der Waals surface area (Å²) in [6.07, 6.45) is 0. The lowest BCUT2D eigenvalue weighted by molar-refractivity contribution is 1.49. The van der Waals surface area contributed by atoms with Gasteiger partial charge < -0.3 is 0 Å². The molecule has 0 saturated heterocycles. The molecule has 0 unspecified atom stereocenters. The molecule has 4 heteroatoms. The zero-order chi connectivity index (χ0) is 15.8. The Hall–Kier alpha value is 0.0875. The Bertz CT molecular complexity index is 402. The van der Waals surface area contributed by atoms with Gasteiger partial charge in [-0.15, -0.1) is 0 Å². The Labute approximate surface area is 133 Å². The molecule has 0 aliphatic carbocycles. The Morgan fingerprint density at radius 1 is 0.400 bits per heavy atom. The third kappa shape index (κ3) is 3.29. The summed E-state index contributed by atoms with van der Waals surface area (Å²) in [5, 5.41) is 7.17. The predicted molar refractivity (Wildman–Crippen MR) is 104 cm³/mol. The summed E-state index contributed by atoms with van der Waals surface area (Å²) in [5.41, 5.74) is 3.38. The Morgan fingerprint density at radius 3 is 0.650 bits per heavy atom. The van der Waals surface area contributed by atoms with Crippen LogP contribution in [0, 0.1) is 13.8 Å². The lowest BCUT2D eigenvalue weighted by atomic mass is 10.1. The molecule has 1 aromatic rings. The fraction of sp³-hybridized carbons (Fsp3) is 0.625.